The Morgan fingerprint density at radius 3 is 2.81 bits per heavy atom. The van der Waals surface area contributed by atoms with Crippen LogP contribution in [0.25, 0.3) is 6.08 Å². The topological polar surface area (TPSA) is 71.3 Å². The maximum Gasteiger partial charge on any atom is 0.262 e. The number of benzene rings is 1. The van der Waals surface area contributed by atoms with E-state index in [1.54, 1.807) is 31.4 Å². The molecule has 0 saturated heterocycles. The summed E-state index contributed by atoms with van der Waals surface area (Å²) in [6, 6.07) is 7.46. The van der Waals surface area contributed by atoms with Gasteiger partial charge in [0.25, 0.3) is 5.91 Å². The molecule has 0 spiro atoms. The quantitative estimate of drug-likeness (QED) is 0.643. The molecule has 1 fully saturated rings. The average molecular weight is 286 g/mol. The van der Waals surface area contributed by atoms with Crippen LogP contribution >= 0.6 is 0 Å². The van der Waals surface area contributed by atoms with Crippen LogP contribution in [0.4, 0.5) is 0 Å². The normalized spacial score (nSPS) is 14.2. The third-order valence-electron chi connectivity index (χ3n) is 3.08. The highest BCUT2D eigenvalue weighted by atomic mass is 16.5. The fraction of sp³-hybridized carbons (Fsp3) is 0.375. The van der Waals surface area contributed by atoms with Crippen LogP contribution < -0.4 is 14.8 Å². The van der Waals surface area contributed by atoms with Crippen molar-refractivity contribution in [2.24, 2.45) is 0 Å². The summed E-state index contributed by atoms with van der Waals surface area (Å²) in [4.78, 5) is 11.9. The molecule has 0 aromatic heterocycles. The van der Waals surface area contributed by atoms with E-state index in [1.807, 2.05) is 13.0 Å². The van der Waals surface area contributed by atoms with E-state index in [2.05, 4.69) is 5.32 Å². The van der Waals surface area contributed by atoms with Crippen molar-refractivity contribution in [1.82, 2.24) is 5.32 Å². The molecule has 1 aromatic rings. The first-order chi connectivity index (χ1) is 10.2. The lowest BCUT2D eigenvalue weighted by Gasteiger charge is -2.09. The van der Waals surface area contributed by atoms with Crippen molar-refractivity contribution in [3.63, 3.8) is 0 Å². The van der Waals surface area contributed by atoms with Crippen molar-refractivity contribution in [3.05, 3.63) is 29.3 Å². The minimum atomic E-state index is -0.326. The Balaban J connectivity index is 2.21. The van der Waals surface area contributed by atoms with Gasteiger partial charge in [-0.1, -0.05) is 6.07 Å². The number of carbonyl (C=O) groups excluding carboxylic acids is 1. The first kappa shape index (κ1) is 14.9. The summed E-state index contributed by atoms with van der Waals surface area (Å²) in [6.07, 6.45) is 3.53. The summed E-state index contributed by atoms with van der Waals surface area (Å²) < 4.78 is 10.7. The van der Waals surface area contributed by atoms with Crippen LogP contribution in [0.2, 0.25) is 0 Å². The standard InChI is InChI=1S/C16H18N2O3/c1-3-21-14-7-4-11(9-15(14)20-2)8-12(10-17)16(19)18-13-5-6-13/h4,7-9,13H,3,5-6H2,1-2H3,(H,18,19)/b12-8-. The van der Waals surface area contributed by atoms with Gasteiger partial charge in [0.15, 0.2) is 11.5 Å². The first-order valence-corrected chi connectivity index (χ1v) is 6.91. The summed E-state index contributed by atoms with van der Waals surface area (Å²) in [5, 5.41) is 11.9. The molecule has 1 aromatic carbocycles. The molecule has 5 nitrogen and oxygen atoms in total. The molecule has 2 rings (SSSR count). The largest absolute Gasteiger partial charge is 0.493 e. The van der Waals surface area contributed by atoms with Crippen molar-refractivity contribution in [3.8, 4) is 17.6 Å². The second-order valence-corrected chi connectivity index (χ2v) is 4.76. The molecule has 1 aliphatic rings. The van der Waals surface area contributed by atoms with Gasteiger partial charge in [-0.3, -0.25) is 4.79 Å². The molecule has 5 heteroatoms. The van der Waals surface area contributed by atoms with Gasteiger partial charge < -0.3 is 14.8 Å². The molecule has 0 bridgehead atoms. The van der Waals surface area contributed by atoms with Crippen LogP contribution in [0, 0.1) is 11.3 Å². The van der Waals surface area contributed by atoms with Crippen LogP contribution in [-0.2, 0) is 4.79 Å². The summed E-state index contributed by atoms with van der Waals surface area (Å²) in [7, 11) is 1.55. The molecule has 110 valence electrons. The Labute approximate surface area is 124 Å². The SMILES string of the molecule is CCOc1ccc(/C=C(/C#N)C(=O)NC2CC2)cc1OC. The molecule has 0 aliphatic heterocycles. The lowest BCUT2D eigenvalue weighted by atomic mass is 10.1. The fourth-order valence-electron chi connectivity index (χ4n) is 1.85. The number of hydrogen-bond donors (Lipinski definition) is 1. The Morgan fingerprint density at radius 2 is 2.24 bits per heavy atom. The third kappa shape index (κ3) is 3.99. The Kier molecular flexibility index (Phi) is 4.83. The van der Waals surface area contributed by atoms with Crippen molar-refractivity contribution in [2.75, 3.05) is 13.7 Å². The van der Waals surface area contributed by atoms with Gasteiger partial charge in [0.1, 0.15) is 11.6 Å². The van der Waals surface area contributed by atoms with Crippen LogP contribution in [0.15, 0.2) is 23.8 Å². The van der Waals surface area contributed by atoms with E-state index in [-0.39, 0.29) is 17.5 Å². The van der Waals surface area contributed by atoms with Gasteiger partial charge in [0.2, 0.25) is 0 Å². The van der Waals surface area contributed by atoms with E-state index in [9.17, 15) is 4.79 Å². The van der Waals surface area contributed by atoms with Gasteiger partial charge >= 0.3 is 0 Å². The monoisotopic (exact) mass is 286 g/mol. The smallest absolute Gasteiger partial charge is 0.262 e. The lowest BCUT2D eigenvalue weighted by molar-refractivity contribution is -0.117. The molecular weight excluding hydrogens is 268 g/mol. The molecule has 0 atom stereocenters. The first-order valence-electron chi connectivity index (χ1n) is 6.91. The van der Waals surface area contributed by atoms with Gasteiger partial charge in [0, 0.05) is 6.04 Å². The molecular formula is C16H18N2O3. The Morgan fingerprint density at radius 1 is 1.48 bits per heavy atom. The van der Waals surface area contributed by atoms with Gasteiger partial charge in [-0.05, 0) is 43.5 Å². The van der Waals surface area contributed by atoms with E-state index in [0.29, 0.717) is 18.1 Å². The lowest BCUT2D eigenvalue weighted by Crippen LogP contribution is -2.26. The average Bonchev–Trinajstić information content (AvgIpc) is 3.30. The van der Waals surface area contributed by atoms with Crippen molar-refractivity contribution in [2.45, 2.75) is 25.8 Å². The van der Waals surface area contributed by atoms with Crippen molar-refractivity contribution < 1.29 is 14.3 Å². The molecule has 1 amide bonds. The summed E-state index contributed by atoms with van der Waals surface area (Å²) in [6.45, 7) is 2.43. The predicted octanol–water partition coefficient (Wildman–Crippen LogP) is 2.28. The second-order valence-electron chi connectivity index (χ2n) is 4.76. The maximum absolute atomic E-state index is 11.9. The zero-order valence-corrected chi connectivity index (χ0v) is 12.2. The Bertz CT molecular complexity index is 598. The van der Waals surface area contributed by atoms with E-state index < -0.39 is 0 Å². The van der Waals surface area contributed by atoms with Crippen LogP contribution in [-0.4, -0.2) is 25.7 Å². The van der Waals surface area contributed by atoms with Crippen LogP contribution in [0.5, 0.6) is 11.5 Å². The van der Waals surface area contributed by atoms with Gasteiger partial charge in [-0.15, -0.1) is 0 Å². The van der Waals surface area contributed by atoms with Gasteiger partial charge in [-0.2, -0.15) is 5.26 Å². The number of rotatable bonds is 6. The van der Waals surface area contributed by atoms with Crippen molar-refractivity contribution in [1.29, 1.82) is 5.26 Å². The zero-order chi connectivity index (χ0) is 15.2. The highest BCUT2D eigenvalue weighted by molar-refractivity contribution is 6.02. The van der Waals surface area contributed by atoms with E-state index >= 15 is 0 Å². The summed E-state index contributed by atoms with van der Waals surface area (Å²) >= 11 is 0. The molecule has 0 heterocycles. The zero-order valence-electron chi connectivity index (χ0n) is 12.2. The fourth-order valence-corrected chi connectivity index (χ4v) is 1.85. The van der Waals surface area contributed by atoms with Gasteiger partial charge in [0.05, 0.1) is 13.7 Å². The van der Waals surface area contributed by atoms with Crippen LogP contribution in [0.1, 0.15) is 25.3 Å². The number of methoxy groups -OCH3 is 1. The van der Waals surface area contributed by atoms with Crippen molar-refractivity contribution >= 4 is 12.0 Å². The molecule has 0 unspecified atom stereocenters. The second kappa shape index (κ2) is 6.80. The van der Waals surface area contributed by atoms with E-state index in [1.165, 1.54) is 0 Å². The molecule has 1 saturated carbocycles. The minimum Gasteiger partial charge on any atom is -0.493 e. The number of carbonyl (C=O) groups is 1. The highest BCUT2D eigenvalue weighted by Crippen LogP contribution is 2.29. The van der Waals surface area contributed by atoms with Gasteiger partial charge in [-0.25, -0.2) is 0 Å². The Hall–Kier alpha value is -2.48. The minimum absolute atomic E-state index is 0.0908. The molecule has 1 N–H and O–H groups in total. The molecule has 21 heavy (non-hydrogen) atoms. The molecule has 1 aliphatic carbocycles. The maximum atomic E-state index is 11.9. The summed E-state index contributed by atoms with van der Waals surface area (Å²) in [5.74, 6) is 0.886. The number of hydrogen-bond acceptors (Lipinski definition) is 4. The highest BCUT2D eigenvalue weighted by Gasteiger charge is 2.24. The number of nitrogens with zero attached hydrogens (tertiary/aromatic N) is 1. The predicted molar refractivity (Wildman–Crippen MR) is 78.9 cm³/mol. The molecule has 0 radical (unpaired) electrons. The van der Waals surface area contributed by atoms with Crippen LogP contribution in [0.3, 0.4) is 0 Å². The van der Waals surface area contributed by atoms with E-state index in [4.69, 9.17) is 14.7 Å². The number of nitrogens with one attached hydrogen (secondary N) is 1. The number of nitriles is 1. The van der Waals surface area contributed by atoms with E-state index in [0.717, 1.165) is 18.4 Å². The number of amides is 1. The third-order valence-corrected chi connectivity index (χ3v) is 3.08. The number of ether oxygens (including phenoxy) is 2. The summed E-state index contributed by atoms with van der Waals surface area (Å²) in [5.41, 5.74) is 0.811.